The first kappa shape index (κ1) is 16.3. The molecule has 2 rings (SSSR count). The third-order valence-electron chi connectivity index (χ3n) is 3.15. The zero-order valence-electron chi connectivity index (χ0n) is 12.9. The number of amides is 1. The molecule has 4 nitrogen and oxygen atoms in total. The van der Waals surface area contributed by atoms with Gasteiger partial charge in [0.15, 0.2) is 5.15 Å². The SMILES string of the molecule is CC(C)(C)c1cnc(Cl)c(NC(=O)OCc2ccccc2)c1. The minimum atomic E-state index is -0.557. The Morgan fingerprint density at radius 3 is 2.59 bits per heavy atom. The number of halogens is 1. The summed E-state index contributed by atoms with van der Waals surface area (Å²) in [5, 5.41) is 2.88. The summed E-state index contributed by atoms with van der Waals surface area (Å²) in [6.07, 6.45) is 1.15. The van der Waals surface area contributed by atoms with Crippen molar-refractivity contribution < 1.29 is 9.53 Å². The quantitative estimate of drug-likeness (QED) is 0.828. The zero-order chi connectivity index (χ0) is 16.2. The van der Waals surface area contributed by atoms with Crippen molar-refractivity contribution in [1.82, 2.24) is 4.98 Å². The van der Waals surface area contributed by atoms with Crippen molar-refractivity contribution in [2.75, 3.05) is 5.32 Å². The first-order valence-corrected chi connectivity index (χ1v) is 7.38. The van der Waals surface area contributed by atoms with E-state index in [9.17, 15) is 4.79 Å². The van der Waals surface area contributed by atoms with E-state index < -0.39 is 6.09 Å². The van der Waals surface area contributed by atoms with Gasteiger partial charge in [-0.15, -0.1) is 0 Å². The third kappa shape index (κ3) is 4.46. The fourth-order valence-corrected chi connectivity index (χ4v) is 1.97. The molecule has 1 aromatic carbocycles. The molecule has 1 amide bonds. The largest absolute Gasteiger partial charge is 0.444 e. The second-order valence-corrected chi connectivity index (χ2v) is 6.36. The van der Waals surface area contributed by atoms with Crippen LogP contribution in [0.1, 0.15) is 31.9 Å². The Bertz CT molecular complexity index is 651. The minimum absolute atomic E-state index is 0.0814. The number of hydrogen-bond acceptors (Lipinski definition) is 3. The lowest BCUT2D eigenvalue weighted by molar-refractivity contribution is 0.155. The lowest BCUT2D eigenvalue weighted by Crippen LogP contribution is -2.16. The average molecular weight is 319 g/mol. The molecule has 0 atom stereocenters. The molecule has 0 radical (unpaired) electrons. The van der Waals surface area contributed by atoms with Gasteiger partial charge in [-0.3, -0.25) is 5.32 Å². The van der Waals surface area contributed by atoms with Gasteiger partial charge in [-0.2, -0.15) is 0 Å². The predicted molar refractivity (Wildman–Crippen MR) is 88.2 cm³/mol. The molecule has 1 N–H and O–H groups in total. The number of pyridine rings is 1. The van der Waals surface area contributed by atoms with Crippen molar-refractivity contribution in [2.24, 2.45) is 0 Å². The summed E-state index contributed by atoms with van der Waals surface area (Å²) in [4.78, 5) is 16.0. The number of aromatic nitrogens is 1. The summed E-state index contributed by atoms with van der Waals surface area (Å²) in [6, 6.07) is 11.3. The van der Waals surface area contributed by atoms with Gasteiger partial charge in [-0.25, -0.2) is 9.78 Å². The molecule has 1 heterocycles. The van der Waals surface area contributed by atoms with E-state index in [0.29, 0.717) is 5.69 Å². The van der Waals surface area contributed by atoms with Gasteiger partial charge in [-0.05, 0) is 22.6 Å². The summed E-state index contributed by atoms with van der Waals surface area (Å²) in [6.45, 7) is 6.40. The number of nitrogens with one attached hydrogen (secondary N) is 1. The molecule has 2 aromatic rings. The lowest BCUT2D eigenvalue weighted by Gasteiger charge is -2.19. The maximum atomic E-state index is 11.9. The van der Waals surface area contributed by atoms with Gasteiger partial charge >= 0.3 is 6.09 Å². The summed E-state index contributed by atoms with van der Waals surface area (Å²) in [5.74, 6) is 0. The Hall–Kier alpha value is -2.07. The fraction of sp³-hybridized carbons (Fsp3) is 0.294. The van der Waals surface area contributed by atoms with Crippen LogP contribution in [0.5, 0.6) is 0 Å². The molecule has 0 bridgehead atoms. The van der Waals surface area contributed by atoms with E-state index in [1.807, 2.05) is 36.4 Å². The normalized spacial score (nSPS) is 11.1. The van der Waals surface area contributed by atoms with E-state index in [1.54, 1.807) is 6.20 Å². The smallest absolute Gasteiger partial charge is 0.412 e. The molecule has 0 aliphatic carbocycles. The molecule has 0 aliphatic heterocycles. The molecule has 22 heavy (non-hydrogen) atoms. The van der Waals surface area contributed by atoms with Gasteiger partial charge in [0.2, 0.25) is 0 Å². The number of benzene rings is 1. The Labute approximate surface area is 135 Å². The minimum Gasteiger partial charge on any atom is -0.444 e. The van der Waals surface area contributed by atoms with Crippen LogP contribution in [0.3, 0.4) is 0 Å². The number of carbonyl (C=O) groups is 1. The molecular weight excluding hydrogens is 300 g/mol. The van der Waals surface area contributed by atoms with E-state index in [1.165, 1.54) is 0 Å². The lowest BCUT2D eigenvalue weighted by atomic mass is 9.88. The number of ether oxygens (including phenoxy) is 1. The van der Waals surface area contributed by atoms with Crippen molar-refractivity contribution in [2.45, 2.75) is 32.8 Å². The van der Waals surface area contributed by atoms with Crippen LogP contribution in [0.4, 0.5) is 10.5 Å². The van der Waals surface area contributed by atoms with Crippen molar-refractivity contribution >= 4 is 23.4 Å². The monoisotopic (exact) mass is 318 g/mol. The molecule has 0 unspecified atom stereocenters. The average Bonchev–Trinajstić information content (AvgIpc) is 2.47. The summed E-state index contributed by atoms with van der Waals surface area (Å²) in [5.41, 5.74) is 2.27. The number of rotatable bonds is 3. The van der Waals surface area contributed by atoms with Crippen LogP contribution in [-0.4, -0.2) is 11.1 Å². The molecule has 0 aliphatic rings. The number of carbonyl (C=O) groups excluding carboxylic acids is 1. The van der Waals surface area contributed by atoms with Crippen LogP contribution in [0.2, 0.25) is 5.15 Å². The van der Waals surface area contributed by atoms with Crippen LogP contribution in [0.25, 0.3) is 0 Å². The topological polar surface area (TPSA) is 51.2 Å². The summed E-state index contributed by atoms with van der Waals surface area (Å²) < 4.78 is 5.18. The molecule has 0 spiro atoms. The molecule has 0 saturated carbocycles. The Morgan fingerprint density at radius 1 is 1.27 bits per heavy atom. The summed E-state index contributed by atoms with van der Waals surface area (Å²) in [7, 11) is 0. The second-order valence-electron chi connectivity index (χ2n) is 6.00. The van der Waals surface area contributed by atoms with E-state index in [-0.39, 0.29) is 17.2 Å². The van der Waals surface area contributed by atoms with Crippen molar-refractivity contribution in [3.05, 3.63) is 58.9 Å². The highest BCUT2D eigenvalue weighted by molar-refractivity contribution is 6.32. The van der Waals surface area contributed by atoms with Gasteiger partial charge in [0.25, 0.3) is 0 Å². The van der Waals surface area contributed by atoms with Gasteiger partial charge in [0.05, 0.1) is 5.69 Å². The second kappa shape index (κ2) is 6.79. The predicted octanol–water partition coefficient (Wildman–Crippen LogP) is 4.78. The van der Waals surface area contributed by atoms with Crippen LogP contribution in [-0.2, 0) is 16.8 Å². The first-order valence-electron chi connectivity index (χ1n) is 7.00. The van der Waals surface area contributed by atoms with Crippen LogP contribution in [0.15, 0.2) is 42.6 Å². The highest BCUT2D eigenvalue weighted by atomic mass is 35.5. The first-order chi connectivity index (χ1) is 10.4. The van der Waals surface area contributed by atoms with Crippen molar-refractivity contribution in [1.29, 1.82) is 0 Å². The van der Waals surface area contributed by atoms with Gasteiger partial charge in [0.1, 0.15) is 6.61 Å². The Morgan fingerprint density at radius 2 is 1.95 bits per heavy atom. The highest BCUT2D eigenvalue weighted by Crippen LogP contribution is 2.27. The molecule has 0 fully saturated rings. The van der Waals surface area contributed by atoms with Crippen LogP contribution < -0.4 is 5.32 Å². The molecule has 116 valence electrons. The Balaban J connectivity index is 2.02. The molecule has 5 heteroatoms. The van der Waals surface area contributed by atoms with Crippen molar-refractivity contribution in [3.63, 3.8) is 0 Å². The standard InChI is InChI=1S/C17H19ClN2O2/c1-17(2,3)13-9-14(15(18)19-10-13)20-16(21)22-11-12-7-5-4-6-8-12/h4-10H,11H2,1-3H3,(H,20,21). The van der Waals surface area contributed by atoms with Crippen LogP contribution in [0, 0.1) is 0 Å². The van der Waals surface area contributed by atoms with E-state index in [4.69, 9.17) is 16.3 Å². The third-order valence-corrected chi connectivity index (χ3v) is 3.46. The van der Waals surface area contributed by atoms with E-state index in [2.05, 4.69) is 31.1 Å². The van der Waals surface area contributed by atoms with Gasteiger partial charge in [0, 0.05) is 6.20 Å². The number of nitrogens with zero attached hydrogens (tertiary/aromatic N) is 1. The highest BCUT2D eigenvalue weighted by Gasteiger charge is 2.17. The Kier molecular flexibility index (Phi) is 5.03. The van der Waals surface area contributed by atoms with Gasteiger partial charge < -0.3 is 4.74 Å². The van der Waals surface area contributed by atoms with E-state index in [0.717, 1.165) is 11.1 Å². The maximum Gasteiger partial charge on any atom is 0.412 e. The van der Waals surface area contributed by atoms with E-state index >= 15 is 0 Å². The summed E-state index contributed by atoms with van der Waals surface area (Å²) >= 11 is 6.03. The number of anilines is 1. The fourth-order valence-electron chi connectivity index (χ4n) is 1.82. The van der Waals surface area contributed by atoms with Crippen LogP contribution >= 0.6 is 11.6 Å². The molecule has 0 saturated heterocycles. The molecule has 1 aromatic heterocycles. The zero-order valence-corrected chi connectivity index (χ0v) is 13.6. The maximum absolute atomic E-state index is 11.9. The van der Waals surface area contributed by atoms with Crippen molar-refractivity contribution in [3.8, 4) is 0 Å². The number of hydrogen-bond donors (Lipinski definition) is 1. The van der Waals surface area contributed by atoms with Gasteiger partial charge in [-0.1, -0.05) is 62.7 Å². The molecular formula is C17H19ClN2O2.